The quantitative estimate of drug-likeness (QED) is 0.342. The van der Waals surface area contributed by atoms with Crippen molar-refractivity contribution in [2.45, 2.75) is 75.3 Å². The third kappa shape index (κ3) is 7.43. The van der Waals surface area contributed by atoms with Gasteiger partial charge in [0.1, 0.15) is 22.5 Å². The van der Waals surface area contributed by atoms with Crippen molar-refractivity contribution < 1.29 is 29.0 Å². The van der Waals surface area contributed by atoms with E-state index in [-0.39, 0.29) is 22.5 Å². The van der Waals surface area contributed by atoms with Crippen LogP contribution < -0.4 is 21.8 Å². The summed E-state index contributed by atoms with van der Waals surface area (Å²) in [6.07, 6.45) is 7.25. The first-order chi connectivity index (χ1) is 18.6. The van der Waals surface area contributed by atoms with Crippen LogP contribution in [0.1, 0.15) is 85.2 Å². The molecule has 2 aliphatic rings. The number of esters is 1. The van der Waals surface area contributed by atoms with E-state index in [0.717, 1.165) is 38.5 Å². The zero-order valence-electron chi connectivity index (χ0n) is 21.8. The number of hydrogen-bond donors (Lipinski definition) is 5. The second-order valence-electron chi connectivity index (χ2n) is 9.85. The number of carboxylic acid groups (broad SMARTS) is 1. The fourth-order valence-electron chi connectivity index (χ4n) is 5.01. The van der Waals surface area contributed by atoms with Gasteiger partial charge in [-0.25, -0.2) is 9.59 Å². The molecule has 2 aromatic heterocycles. The number of methoxy groups -OCH3 is 1. The highest BCUT2D eigenvalue weighted by molar-refractivity contribution is 5.97. The number of carbonyl (C=O) groups excluding carboxylic acids is 3. The lowest BCUT2D eigenvalue weighted by atomic mass is 9.81. The lowest BCUT2D eigenvalue weighted by Gasteiger charge is -2.35. The number of rotatable bonds is 6. The Morgan fingerprint density at radius 2 is 1.13 bits per heavy atom. The molecule has 210 valence electrons. The van der Waals surface area contributed by atoms with E-state index in [1.165, 1.54) is 43.5 Å². The Labute approximate surface area is 224 Å². The van der Waals surface area contributed by atoms with Crippen LogP contribution in [0.25, 0.3) is 0 Å². The molecule has 0 saturated heterocycles. The Hall–Kier alpha value is -4.22. The average molecular weight is 543 g/mol. The highest BCUT2D eigenvalue weighted by atomic mass is 16.5. The number of aromatic amines is 2. The number of ether oxygens (including phenoxy) is 1. The zero-order chi connectivity index (χ0) is 28.5. The maximum atomic E-state index is 12.2. The van der Waals surface area contributed by atoms with Crippen molar-refractivity contribution in [3.63, 3.8) is 0 Å². The molecular formula is C27H34N4O8. The van der Waals surface area contributed by atoms with Crippen LogP contribution in [0.3, 0.4) is 0 Å². The van der Waals surface area contributed by atoms with Crippen molar-refractivity contribution in [2.24, 2.45) is 0 Å². The van der Waals surface area contributed by atoms with Gasteiger partial charge in [-0.15, -0.1) is 0 Å². The van der Waals surface area contributed by atoms with Crippen LogP contribution in [0, 0.1) is 0 Å². The molecule has 0 bridgehead atoms. The first-order valence-corrected chi connectivity index (χ1v) is 13.0. The molecule has 0 spiro atoms. The molecule has 2 aliphatic carbocycles. The molecule has 2 aromatic rings. The van der Waals surface area contributed by atoms with E-state index < -0.39 is 34.8 Å². The normalized spacial score (nSPS) is 17.5. The molecule has 2 fully saturated rings. The number of carbonyl (C=O) groups is 4. The number of aromatic nitrogens is 2. The first kappa shape index (κ1) is 29.3. The van der Waals surface area contributed by atoms with Crippen LogP contribution in [0.15, 0.2) is 46.0 Å². The van der Waals surface area contributed by atoms with E-state index in [0.29, 0.717) is 25.7 Å². The van der Waals surface area contributed by atoms with Gasteiger partial charge in [0.15, 0.2) is 0 Å². The smallest absolute Gasteiger partial charge is 0.331 e. The van der Waals surface area contributed by atoms with Crippen LogP contribution in [0.4, 0.5) is 0 Å². The summed E-state index contributed by atoms with van der Waals surface area (Å²) >= 11 is 0. The van der Waals surface area contributed by atoms with Gasteiger partial charge in [-0.2, -0.15) is 0 Å². The summed E-state index contributed by atoms with van der Waals surface area (Å²) in [5.74, 6) is -2.46. The fraction of sp³-hybridized carbons (Fsp3) is 0.481. The SMILES string of the molecule is COC(=O)C1(NC(=O)c2cccc(=O)[nH]2)CCCCC1.O=C(NC1(C(=O)O)CCCCC1)c1cccc(=O)[nH]1. The van der Waals surface area contributed by atoms with Crippen molar-refractivity contribution in [2.75, 3.05) is 7.11 Å². The van der Waals surface area contributed by atoms with Gasteiger partial charge in [0.25, 0.3) is 11.8 Å². The second kappa shape index (κ2) is 13.0. The standard InChI is InChI=1S/C14H18N2O4.C13H16N2O4/c1-20-13(19)14(8-3-2-4-9-14)16-12(18)10-6-5-7-11(17)15-10;16-10-6-4-5-9(14-10)11(17)15-13(12(18)19)7-2-1-3-8-13/h5-7H,2-4,8-9H2,1H3,(H,15,17)(H,16,18);4-6H,1-3,7-8H2,(H,14,16)(H,15,17)(H,18,19). The minimum Gasteiger partial charge on any atom is -0.480 e. The zero-order valence-corrected chi connectivity index (χ0v) is 21.8. The lowest BCUT2D eigenvalue weighted by molar-refractivity contribution is -0.149. The average Bonchev–Trinajstić information content (AvgIpc) is 2.94. The molecule has 0 unspecified atom stereocenters. The van der Waals surface area contributed by atoms with Gasteiger partial charge in [0, 0.05) is 12.1 Å². The van der Waals surface area contributed by atoms with Gasteiger partial charge in [-0.1, -0.05) is 50.7 Å². The van der Waals surface area contributed by atoms with Crippen LogP contribution in [0.5, 0.6) is 0 Å². The molecule has 12 heteroatoms. The van der Waals surface area contributed by atoms with Crippen LogP contribution in [0.2, 0.25) is 0 Å². The van der Waals surface area contributed by atoms with Gasteiger partial charge in [-0.05, 0) is 37.8 Å². The number of hydrogen-bond acceptors (Lipinski definition) is 7. The predicted molar refractivity (Wildman–Crippen MR) is 140 cm³/mol. The van der Waals surface area contributed by atoms with Crippen molar-refractivity contribution in [3.05, 3.63) is 68.5 Å². The molecule has 2 saturated carbocycles. The second-order valence-corrected chi connectivity index (χ2v) is 9.85. The Balaban J connectivity index is 0.000000216. The number of pyridine rings is 2. The third-order valence-electron chi connectivity index (χ3n) is 7.13. The number of carboxylic acids is 1. The van der Waals surface area contributed by atoms with Gasteiger partial charge >= 0.3 is 11.9 Å². The summed E-state index contributed by atoms with van der Waals surface area (Å²) in [6.45, 7) is 0. The number of nitrogens with one attached hydrogen (secondary N) is 4. The summed E-state index contributed by atoms with van der Waals surface area (Å²) in [6, 6.07) is 8.54. The monoisotopic (exact) mass is 542 g/mol. The molecular weight excluding hydrogens is 508 g/mol. The highest BCUT2D eigenvalue weighted by Gasteiger charge is 2.42. The number of H-pyrrole nitrogens is 2. The predicted octanol–water partition coefficient (Wildman–Crippen LogP) is 1.87. The summed E-state index contributed by atoms with van der Waals surface area (Å²) in [7, 11) is 1.31. The number of amides is 2. The Morgan fingerprint density at radius 3 is 1.51 bits per heavy atom. The van der Waals surface area contributed by atoms with Crippen molar-refractivity contribution >= 4 is 23.8 Å². The molecule has 0 aliphatic heterocycles. The van der Waals surface area contributed by atoms with Gasteiger partial charge in [0.2, 0.25) is 11.1 Å². The van der Waals surface area contributed by atoms with Crippen molar-refractivity contribution in [1.29, 1.82) is 0 Å². The van der Waals surface area contributed by atoms with E-state index in [4.69, 9.17) is 4.74 Å². The molecule has 2 amide bonds. The Bertz CT molecular complexity index is 1300. The van der Waals surface area contributed by atoms with Crippen molar-refractivity contribution in [1.82, 2.24) is 20.6 Å². The molecule has 12 nitrogen and oxygen atoms in total. The summed E-state index contributed by atoms with van der Waals surface area (Å²) in [5.41, 5.74) is -2.70. The minimum atomic E-state index is -1.21. The van der Waals surface area contributed by atoms with E-state index in [1.54, 1.807) is 0 Å². The van der Waals surface area contributed by atoms with E-state index in [1.807, 2.05) is 0 Å². The number of aliphatic carboxylic acids is 1. The molecule has 39 heavy (non-hydrogen) atoms. The van der Waals surface area contributed by atoms with Crippen LogP contribution in [-0.4, -0.2) is 57.0 Å². The summed E-state index contributed by atoms with van der Waals surface area (Å²) in [5, 5.41) is 14.7. The Kier molecular flexibility index (Phi) is 9.80. The fourth-order valence-corrected chi connectivity index (χ4v) is 5.01. The molecule has 0 aromatic carbocycles. The van der Waals surface area contributed by atoms with E-state index in [2.05, 4.69) is 20.6 Å². The highest BCUT2D eigenvalue weighted by Crippen LogP contribution is 2.30. The van der Waals surface area contributed by atoms with Crippen molar-refractivity contribution in [3.8, 4) is 0 Å². The topological polar surface area (TPSA) is 188 Å². The molecule has 5 N–H and O–H groups in total. The summed E-state index contributed by atoms with van der Waals surface area (Å²) in [4.78, 5) is 74.9. The Morgan fingerprint density at radius 1 is 0.718 bits per heavy atom. The largest absolute Gasteiger partial charge is 0.480 e. The molecule has 2 heterocycles. The maximum Gasteiger partial charge on any atom is 0.331 e. The van der Waals surface area contributed by atoms with Gasteiger partial charge in [0.05, 0.1) is 7.11 Å². The minimum absolute atomic E-state index is 0.0821. The summed E-state index contributed by atoms with van der Waals surface area (Å²) < 4.78 is 4.83. The first-order valence-electron chi connectivity index (χ1n) is 13.0. The van der Waals surface area contributed by atoms with Crippen LogP contribution in [-0.2, 0) is 14.3 Å². The third-order valence-corrected chi connectivity index (χ3v) is 7.13. The van der Waals surface area contributed by atoms with Crippen LogP contribution >= 0.6 is 0 Å². The van der Waals surface area contributed by atoms with Gasteiger partial charge in [-0.3, -0.25) is 19.2 Å². The van der Waals surface area contributed by atoms with Gasteiger partial charge < -0.3 is 30.4 Å². The van der Waals surface area contributed by atoms with E-state index >= 15 is 0 Å². The molecule has 4 rings (SSSR count). The van der Waals surface area contributed by atoms with E-state index in [9.17, 15) is 33.9 Å². The maximum absolute atomic E-state index is 12.2. The lowest BCUT2D eigenvalue weighted by Crippen LogP contribution is -2.56. The molecule has 0 radical (unpaired) electrons. The molecule has 0 atom stereocenters.